The van der Waals surface area contributed by atoms with Gasteiger partial charge in [-0.15, -0.1) is 11.3 Å². The molecule has 0 radical (unpaired) electrons. The monoisotopic (exact) mass is 300 g/mol. The number of hydrogen-bond donors (Lipinski definition) is 1. The Hall–Kier alpha value is -1.40. The van der Waals surface area contributed by atoms with E-state index in [4.69, 9.17) is 0 Å². The minimum Gasteiger partial charge on any atom is -0.303 e. The standard InChI is InChI=1S/C14H15F3N2S/c1-9(19-10(2)13-7-18-8-20-13)11-3-5-12(6-4-11)14(15,16)17/h3-10,19H,1-2H3. The van der Waals surface area contributed by atoms with Gasteiger partial charge in [0.25, 0.3) is 0 Å². The summed E-state index contributed by atoms with van der Waals surface area (Å²) < 4.78 is 37.5. The lowest BCUT2D eigenvalue weighted by atomic mass is 10.0. The lowest BCUT2D eigenvalue weighted by molar-refractivity contribution is -0.137. The van der Waals surface area contributed by atoms with Crippen LogP contribution in [0.5, 0.6) is 0 Å². The highest BCUT2D eigenvalue weighted by molar-refractivity contribution is 7.09. The first kappa shape index (κ1) is 15.0. The average Bonchev–Trinajstić information content (AvgIpc) is 2.91. The van der Waals surface area contributed by atoms with Gasteiger partial charge in [0.2, 0.25) is 0 Å². The van der Waals surface area contributed by atoms with E-state index in [1.165, 1.54) is 12.1 Å². The van der Waals surface area contributed by atoms with Crippen molar-refractivity contribution in [1.82, 2.24) is 10.3 Å². The second kappa shape index (κ2) is 5.93. The number of alkyl halides is 3. The number of halogens is 3. The van der Waals surface area contributed by atoms with Crippen LogP contribution in [0.2, 0.25) is 0 Å². The first-order valence-electron chi connectivity index (χ1n) is 6.19. The molecule has 1 aromatic carbocycles. The van der Waals surface area contributed by atoms with E-state index in [1.807, 2.05) is 13.8 Å². The van der Waals surface area contributed by atoms with Crippen LogP contribution in [-0.2, 0) is 6.18 Å². The Labute approximate surface area is 119 Å². The fraction of sp³-hybridized carbons (Fsp3) is 0.357. The Balaban J connectivity index is 2.04. The molecule has 2 atom stereocenters. The molecule has 2 aromatic rings. The zero-order chi connectivity index (χ0) is 14.8. The van der Waals surface area contributed by atoms with Crippen molar-refractivity contribution in [3.63, 3.8) is 0 Å². The maximum atomic E-state index is 12.5. The van der Waals surface area contributed by atoms with Gasteiger partial charge in [-0.05, 0) is 31.5 Å². The molecule has 0 amide bonds. The van der Waals surface area contributed by atoms with E-state index in [-0.39, 0.29) is 12.1 Å². The molecule has 2 unspecified atom stereocenters. The summed E-state index contributed by atoms with van der Waals surface area (Å²) in [7, 11) is 0. The smallest absolute Gasteiger partial charge is 0.303 e. The van der Waals surface area contributed by atoms with Crippen molar-refractivity contribution in [2.24, 2.45) is 0 Å². The Bertz CT molecular complexity index is 535. The molecule has 0 saturated carbocycles. The molecule has 6 heteroatoms. The topological polar surface area (TPSA) is 24.9 Å². The van der Waals surface area contributed by atoms with E-state index >= 15 is 0 Å². The second-order valence-electron chi connectivity index (χ2n) is 4.63. The number of nitrogens with one attached hydrogen (secondary N) is 1. The fourth-order valence-electron chi connectivity index (χ4n) is 1.95. The molecule has 20 heavy (non-hydrogen) atoms. The van der Waals surface area contributed by atoms with Gasteiger partial charge in [-0.1, -0.05) is 12.1 Å². The average molecular weight is 300 g/mol. The van der Waals surface area contributed by atoms with Crippen LogP contribution in [0.15, 0.2) is 36.0 Å². The summed E-state index contributed by atoms with van der Waals surface area (Å²) in [5, 5.41) is 3.35. The van der Waals surface area contributed by atoms with Gasteiger partial charge in [-0.3, -0.25) is 4.98 Å². The highest BCUT2D eigenvalue weighted by Gasteiger charge is 2.30. The largest absolute Gasteiger partial charge is 0.416 e. The molecule has 1 aromatic heterocycles. The molecule has 2 nitrogen and oxygen atoms in total. The van der Waals surface area contributed by atoms with Crippen molar-refractivity contribution in [1.29, 1.82) is 0 Å². The minimum absolute atomic E-state index is 0.0330. The molecule has 108 valence electrons. The van der Waals surface area contributed by atoms with Crippen LogP contribution in [-0.4, -0.2) is 4.98 Å². The molecular formula is C14H15F3N2S. The molecule has 0 saturated heterocycles. The second-order valence-corrected chi connectivity index (χ2v) is 5.55. The summed E-state index contributed by atoms with van der Waals surface area (Å²) in [6.45, 7) is 3.94. The van der Waals surface area contributed by atoms with Crippen LogP contribution in [0.3, 0.4) is 0 Å². The minimum atomic E-state index is -4.29. The van der Waals surface area contributed by atoms with Crippen LogP contribution in [0.1, 0.15) is 41.9 Å². The van der Waals surface area contributed by atoms with Gasteiger partial charge in [0.05, 0.1) is 11.1 Å². The molecular weight excluding hydrogens is 285 g/mol. The number of aromatic nitrogens is 1. The molecule has 0 spiro atoms. The summed E-state index contributed by atoms with van der Waals surface area (Å²) in [4.78, 5) is 5.12. The highest BCUT2D eigenvalue weighted by Crippen LogP contribution is 2.30. The van der Waals surface area contributed by atoms with Crippen molar-refractivity contribution in [2.75, 3.05) is 0 Å². The van der Waals surface area contributed by atoms with E-state index in [9.17, 15) is 13.2 Å². The van der Waals surface area contributed by atoms with Crippen LogP contribution in [0, 0.1) is 0 Å². The van der Waals surface area contributed by atoms with Gasteiger partial charge in [-0.25, -0.2) is 0 Å². The lowest BCUT2D eigenvalue weighted by Gasteiger charge is -2.19. The van der Waals surface area contributed by atoms with E-state index in [0.29, 0.717) is 0 Å². The van der Waals surface area contributed by atoms with Crippen molar-refractivity contribution >= 4 is 11.3 Å². The third kappa shape index (κ3) is 3.58. The molecule has 0 fully saturated rings. The Morgan fingerprint density at radius 3 is 2.25 bits per heavy atom. The molecule has 0 bridgehead atoms. The predicted octanol–water partition coefficient (Wildman–Crippen LogP) is 4.57. The van der Waals surface area contributed by atoms with Crippen molar-refractivity contribution < 1.29 is 13.2 Å². The normalized spacial score (nSPS) is 15.1. The van der Waals surface area contributed by atoms with Gasteiger partial charge in [0.15, 0.2) is 0 Å². The Morgan fingerprint density at radius 1 is 1.10 bits per heavy atom. The third-order valence-electron chi connectivity index (χ3n) is 3.12. The SMILES string of the molecule is CC(NC(C)c1cncs1)c1ccc(C(F)(F)F)cc1. The summed E-state index contributed by atoms with van der Waals surface area (Å²) in [6, 6.07) is 5.34. The van der Waals surface area contributed by atoms with E-state index in [1.54, 1.807) is 23.0 Å². The van der Waals surface area contributed by atoms with Gasteiger partial charge in [-0.2, -0.15) is 13.2 Å². The van der Waals surface area contributed by atoms with Crippen molar-refractivity contribution in [2.45, 2.75) is 32.1 Å². The zero-order valence-corrected chi connectivity index (χ0v) is 11.9. The van der Waals surface area contributed by atoms with Gasteiger partial charge < -0.3 is 5.32 Å². The summed E-state index contributed by atoms with van der Waals surface area (Å²) >= 11 is 1.55. The van der Waals surface area contributed by atoms with Crippen molar-refractivity contribution in [3.8, 4) is 0 Å². The first-order valence-corrected chi connectivity index (χ1v) is 7.07. The van der Waals surface area contributed by atoms with Crippen LogP contribution in [0.25, 0.3) is 0 Å². The molecule has 0 aliphatic carbocycles. The fourth-order valence-corrected chi connectivity index (χ4v) is 2.59. The van der Waals surface area contributed by atoms with Gasteiger partial charge in [0, 0.05) is 23.2 Å². The quantitative estimate of drug-likeness (QED) is 0.894. The number of benzene rings is 1. The maximum Gasteiger partial charge on any atom is 0.416 e. The van der Waals surface area contributed by atoms with Crippen LogP contribution < -0.4 is 5.32 Å². The molecule has 1 heterocycles. The number of nitrogens with zero attached hydrogens (tertiary/aromatic N) is 1. The zero-order valence-electron chi connectivity index (χ0n) is 11.1. The van der Waals surface area contributed by atoms with Gasteiger partial charge >= 0.3 is 6.18 Å². The van der Waals surface area contributed by atoms with Crippen LogP contribution in [0.4, 0.5) is 13.2 Å². The maximum absolute atomic E-state index is 12.5. The predicted molar refractivity (Wildman–Crippen MR) is 73.5 cm³/mol. The van der Waals surface area contributed by atoms with E-state index in [0.717, 1.165) is 22.6 Å². The van der Waals surface area contributed by atoms with Crippen LogP contribution >= 0.6 is 11.3 Å². The van der Waals surface area contributed by atoms with Gasteiger partial charge in [0.1, 0.15) is 0 Å². The van der Waals surface area contributed by atoms with E-state index < -0.39 is 11.7 Å². The summed E-state index contributed by atoms with van der Waals surface area (Å²) in [5.41, 5.74) is 1.97. The first-order chi connectivity index (χ1) is 9.38. The summed E-state index contributed by atoms with van der Waals surface area (Å²) in [5.74, 6) is 0. The van der Waals surface area contributed by atoms with E-state index in [2.05, 4.69) is 10.3 Å². The van der Waals surface area contributed by atoms with Crippen molar-refractivity contribution in [3.05, 3.63) is 52.0 Å². The molecule has 1 N–H and O–H groups in total. The Morgan fingerprint density at radius 2 is 1.75 bits per heavy atom. The summed E-state index contributed by atoms with van der Waals surface area (Å²) in [6.07, 6.45) is -2.49. The number of rotatable bonds is 4. The molecule has 0 aliphatic heterocycles. The number of hydrogen-bond acceptors (Lipinski definition) is 3. The molecule has 0 aliphatic rings. The Kier molecular flexibility index (Phi) is 4.45. The molecule has 2 rings (SSSR count). The lowest BCUT2D eigenvalue weighted by Crippen LogP contribution is -2.22. The highest BCUT2D eigenvalue weighted by atomic mass is 32.1. The third-order valence-corrected chi connectivity index (χ3v) is 4.07. The number of thiazole rings is 1.